The van der Waals surface area contributed by atoms with Crippen molar-refractivity contribution in [3.63, 3.8) is 0 Å². The van der Waals surface area contributed by atoms with Crippen molar-refractivity contribution in [2.45, 2.75) is 6.36 Å². The van der Waals surface area contributed by atoms with Crippen LogP contribution in [0.2, 0.25) is 0 Å². The molecule has 3 nitrogen and oxygen atoms in total. The number of hydrogen-bond acceptors (Lipinski definition) is 3. The number of anilines is 1. The molecule has 0 saturated heterocycles. The minimum Gasteiger partial charge on any atom is -0.383 e. The average molecular weight is 230 g/mol. The quantitative estimate of drug-likeness (QED) is 0.808. The first-order valence-corrected chi connectivity index (χ1v) is 4.46. The summed E-state index contributed by atoms with van der Waals surface area (Å²) in [5.41, 5.74) is 1.14. The molecule has 16 heavy (non-hydrogen) atoms. The lowest BCUT2D eigenvalue weighted by Crippen LogP contribution is -2.19. The van der Waals surface area contributed by atoms with Gasteiger partial charge in [0, 0.05) is 12.2 Å². The van der Waals surface area contributed by atoms with Crippen LogP contribution in [0.15, 0.2) is 24.3 Å². The molecule has 0 bridgehead atoms. The normalized spacial score (nSPS) is 10.9. The van der Waals surface area contributed by atoms with Crippen molar-refractivity contribution < 1.29 is 17.9 Å². The molecule has 0 fully saturated rings. The van der Waals surface area contributed by atoms with Crippen LogP contribution < -0.4 is 5.32 Å². The molecule has 0 atom stereocenters. The largest absolute Gasteiger partial charge is 0.522 e. The standard InChI is InChI=1S/C10H9F3N2O/c11-10(12,13)16-6-5-15-9-3-1-8(7-14)2-4-9/h1-4,15H,5-6H2. The van der Waals surface area contributed by atoms with E-state index in [-0.39, 0.29) is 6.54 Å². The van der Waals surface area contributed by atoms with Crippen LogP contribution in [0.25, 0.3) is 0 Å². The van der Waals surface area contributed by atoms with E-state index in [2.05, 4.69) is 10.1 Å². The highest BCUT2D eigenvalue weighted by Gasteiger charge is 2.28. The molecule has 1 rings (SSSR count). The van der Waals surface area contributed by atoms with Gasteiger partial charge in [-0.2, -0.15) is 5.26 Å². The van der Waals surface area contributed by atoms with Gasteiger partial charge in [-0.1, -0.05) is 0 Å². The Morgan fingerprint density at radius 1 is 1.25 bits per heavy atom. The van der Waals surface area contributed by atoms with E-state index in [0.29, 0.717) is 11.3 Å². The number of nitrogens with zero attached hydrogens (tertiary/aromatic N) is 1. The summed E-state index contributed by atoms with van der Waals surface area (Å²) in [6.45, 7) is -0.408. The molecule has 0 spiro atoms. The van der Waals surface area contributed by atoms with Crippen molar-refractivity contribution in [3.05, 3.63) is 29.8 Å². The lowest BCUT2D eigenvalue weighted by Gasteiger charge is -2.09. The summed E-state index contributed by atoms with van der Waals surface area (Å²) >= 11 is 0. The van der Waals surface area contributed by atoms with Crippen molar-refractivity contribution in [1.29, 1.82) is 5.26 Å². The second kappa shape index (κ2) is 5.37. The van der Waals surface area contributed by atoms with E-state index in [1.54, 1.807) is 24.3 Å². The van der Waals surface area contributed by atoms with Crippen LogP contribution in [-0.4, -0.2) is 19.5 Å². The van der Waals surface area contributed by atoms with E-state index >= 15 is 0 Å². The molecule has 0 radical (unpaired) electrons. The van der Waals surface area contributed by atoms with E-state index in [0.717, 1.165) is 0 Å². The zero-order chi connectivity index (χ0) is 12.0. The van der Waals surface area contributed by atoms with Crippen molar-refractivity contribution in [2.75, 3.05) is 18.5 Å². The minimum atomic E-state index is -4.59. The monoisotopic (exact) mass is 230 g/mol. The molecule has 0 unspecified atom stereocenters. The minimum absolute atomic E-state index is 0.0470. The fourth-order valence-electron chi connectivity index (χ4n) is 1.02. The second-order valence-electron chi connectivity index (χ2n) is 2.91. The molecule has 1 aromatic carbocycles. The van der Waals surface area contributed by atoms with Gasteiger partial charge in [-0.15, -0.1) is 13.2 Å². The van der Waals surface area contributed by atoms with Crippen molar-refractivity contribution in [3.8, 4) is 6.07 Å². The van der Waals surface area contributed by atoms with Gasteiger partial charge in [-0.25, -0.2) is 0 Å². The smallest absolute Gasteiger partial charge is 0.383 e. The first-order chi connectivity index (χ1) is 7.51. The number of nitrogens with one attached hydrogen (secondary N) is 1. The number of rotatable bonds is 4. The Labute approximate surface area is 90.4 Å². The van der Waals surface area contributed by atoms with E-state index < -0.39 is 13.0 Å². The molecule has 0 heterocycles. The van der Waals surface area contributed by atoms with E-state index in [4.69, 9.17) is 5.26 Å². The van der Waals surface area contributed by atoms with Gasteiger partial charge in [0.05, 0.1) is 18.2 Å². The number of nitriles is 1. The maximum Gasteiger partial charge on any atom is 0.522 e. The number of benzene rings is 1. The number of hydrogen-bond donors (Lipinski definition) is 1. The molecule has 0 aliphatic rings. The third-order valence-corrected chi connectivity index (χ3v) is 1.71. The van der Waals surface area contributed by atoms with Crippen molar-refractivity contribution >= 4 is 5.69 Å². The molecule has 86 valence electrons. The van der Waals surface area contributed by atoms with E-state index in [1.807, 2.05) is 6.07 Å². The first kappa shape index (κ1) is 12.3. The Kier molecular flexibility index (Phi) is 4.14. The highest BCUT2D eigenvalue weighted by atomic mass is 19.4. The predicted molar refractivity (Wildman–Crippen MR) is 51.7 cm³/mol. The molecule has 0 aliphatic carbocycles. The van der Waals surface area contributed by atoms with Crippen LogP contribution in [0.1, 0.15) is 5.56 Å². The van der Waals surface area contributed by atoms with Gasteiger partial charge in [0.15, 0.2) is 0 Å². The van der Waals surface area contributed by atoms with Gasteiger partial charge in [0.2, 0.25) is 0 Å². The van der Waals surface area contributed by atoms with Crippen molar-refractivity contribution in [2.24, 2.45) is 0 Å². The molecule has 0 aliphatic heterocycles. The molecule has 6 heteroatoms. The Morgan fingerprint density at radius 2 is 1.88 bits per heavy atom. The zero-order valence-corrected chi connectivity index (χ0v) is 8.21. The molecule has 1 aromatic rings. The van der Waals surface area contributed by atoms with Crippen molar-refractivity contribution in [1.82, 2.24) is 0 Å². The zero-order valence-electron chi connectivity index (χ0n) is 8.21. The lowest BCUT2D eigenvalue weighted by atomic mass is 10.2. The third-order valence-electron chi connectivity index (χ3n) is 1.71. The van der Waals surface area contributed by atoms with Crippen LogP contribution in [0.3, 0.4) is 0 Å². The predicted octanol–water partition coefficient (Wildman–Crippen LogP) is 2.51. The van der Waals surface area contributed by atoms with Gasteiger partial charge in [0.25, 0.3) is 0 Å². The fourth-order valence-corrected chi connectivity index (χ4v) is 1.02. The SMILES string of the molecule is N#Cc1ccc(NCCOC(F)(F)F)cc1. The molecular weight excluding hydrogens is 221 g/mol. The Balaban J connectivity index is 2.30. The maximum absolute atomic E-state index is 11.6. The molecule has 0 amide bonds. The van der Waals surface area contributed by atoms with Crippen LogP contribution in [-0.2, 0) is 4.74 Å². The number of alkyl halides is 3. The summed E-state index contributed by atoms with van der Waals surface area (Å²) in [4.78, 5) is 0. The summed E-state index contributed by atoms with van der Waals surface area (Å²) in [5, 5.41) is 11.3. The first-order valence-electron chi connectivity index (χ1n) is 4.46. The molecule has 1 N–H and O–H groups in total. The maximum atomic E-state index is 11.6. The third kappa shape index (κ3) is 4.66. The van der Waals surface area contributed by atoms with Gasteiger partial charge >= 0.3 is 6.36 Å². The summed E-state index contributed by atoms with van der Waals surface area (Å²) in [5.74, 6) is 0. The van der Waals surface area contributed by atoms with E-state index in [9.17, 15) is 13.2 Å². The van der Waals surface area contributed by atoms with Crippen LogP contribution in [0.5, 0.6) is 0 Å². The van der Waals surface area contributed by atoms with Crippen LogP contribution in [0.4, 0.5) is 18.9 Å². The summed E-state index contributed by atoms with van der Waals surface area (Å²) < 4.78 is 38.4. The fraction of sp³-hybridized carbons (Fsp3) is 0.300. The van der Waals surface area contributed by atoms with Gasteiger partial charge in [-0.3, -0.25) is 4.74 Å². The molecule has 0 saturated carbocycles. The number of halogens is 3. The Morgan fingerprint density at radius 3 is 2.38 bits per heavy atom. The summed E-state index contributed by atoms with van der Waals surface area (Å²) in [7, 11) is 0. The van der Waals surface area contributed by atoms with Gasteiger partial charge in [0.1, 0.15) is 0 Å². The highest BCUT2D eigenvalue weighted by molar-refractivity contribution is 5.46. The van der Waals surface area contributed by atoms with Gasteiger partial charge in [-0.05, 0) is 24.3 Å². The Hall–Kier alpha value is -1.74. The Bertz CT molecular complexity index is 367. The molecule has 0 aromatic heterocycles. The summed E-state index contributed by atoms with van der Waals surface area (Å²) in [6.07, 6.45) is -4.59. The second-order valence-corrected chi connectivity index (χ2v) is 2.91. The average Bonchev–Trinajstić information content (AvgIpc) is 2.24. The topological polar surface area (TPSA) is 45.0 Å². The van der Waals surface area contributed by atoms with Crippen LogP contribution in [0, 0.1) is 11.3 Å². The molecular formula is C10H9F3N2O. The van der Waals surface area contributed by atoms with Crippen LogP contribution >= 0.6 is 0 Å². The number of ether oxygens (including phenoxy) is 1. The van der Waals surface area contributed by atoms with E-state index in [1.165, 1.54) is 0 Å². The van der Waals surface area contributed by atoms with Gasteiger partial charge < -0.3 is 5.32 Å². The summed E-state index contributed by atoms with van der Waals surface area (Å²) in [6, 6.07) is 8.33. The highest BCUT2D eigenvalue weighted by Crippen LogP contribution is 2.15. The lowest BCUT2D eigenvalue weighted by molar-refractivity contribution is -0.322.